The Morgan fingerprint density at radius 1 is 1.13 bits per heavy atom. The van der Waals surface area contributed by atoms with Crippen molar-refractivity contribution in [1.82, 2.24) is 20.7 Å². The normalized spacial score (nSPS) is 13.9. The number of aromatic nitrogens is 3. The van der Waals surface area contributed by atoms with Crippen LogP contribution in [0.3, 0.4) is 0 Å². The molecule has 3 rings (SSSR count). The fourth-order valence-corrected chi connectivity index (χ4v) is 3.56. The van der Waals surface area contributed by atoms with Crippen LogP contribution in [-0.2, 0) is 16.0 Å². The number of methoxy groups -OCH3 is 1. The van der Waals surface area contributed by atoms with Crippen LogP contribution in [0.15, 0.2) is 60.8 Å². The highest BCUT2D eigenvalue weighted by atomic mass is 16.5. The second kappa shape index (κ2) is 9.99. The summed E-state index contributed by atoms with van der Waals surface area (Å²) in [6.45, 7) is 1.65. The van der Waals surface area contributed by atoms with E-state index in [1.165, 1.54) is 13.3 Å². The molecule has 0 bridgehead atoms. The summed E-state index contributed by atoms with van der Waals surface area (Å²) in [6.07, 6.45) is 1.98. The standard InChI is InChI=1S/C23H26N4O4/c1-23(15-31-2,22(29)30)13-19(25-21(28)20-14-24-27-26-20)12-16-8-10-18(11-9-16)17-6-4-3-5-7-17/h3-11,14,19H,12-13,15H2,1-2H3,(H,25,28)(H,29,30)(H,24,26,27). The zero-order valence-electron chi connectivity index (χ0n) is 17.5. The van der Waals surface area contributed by atoms with Gasteiger partial charge < -0.3 is 15.2 Å². The molecule has 3 N–H and O–H groups in total. The lowest BCUT2D eigenvalue weighted by molar-refractivity contribution is -0.152. The van der Waals surface area contributed by atoms with E-state index >= 15 is 0 Å². The van der Waals surface area contributed by atoms with Gasteiger partial charge in [0.25, 0.3) is 5.91 Å². The number of benzene rings is 2. The number of carbonyl (C=O) groups is 2. The van der Waals surface area contributed by atoms with Gasteiger partial charge in [0.05, 0.1) is 18.2 Å². The molecule has 0 aliphatic heterocycles. The third-order valence-electron chi connectivity index (χ3n) is 5.20. The lowest BCUT2D eigenvalue weighted by atomic mass is 9.82. The second-order valence-corrected chi connectivity index (χ2v) is 7.80. The molecule has 8 heteroatoms. The van der Waals surface area contributed by atoms with Crippen LogP contribution in [0.4, 0.5) is 0 Å². The molecule has 0 spiro atoms. The Kier molecular flexibility index (Phi) is 7.15. The van der Waals surface area contributed by atoms with Gasteiger partial charge in [0.1, 0.15) is 0 Å². The smallest absolute Gasteiger partial charge is 0.311 e. The maximum absolute atomic E-state index is 12.5. The predicted molar refractivity (Wildman–Crippen MR) is 115 cm³/mol. The van der Waals surface area contributed by atoms with E-state index in [0.29, 0.717) is 6.42 Å². The molecule has 0 aliphatic carbocycles. The Morgan fingerprint density at radius 3 is 2.39 bits per heavy atom. The van der Waals surface area contributed by atoms with Crippen molar-refractivity contribution in [1.29, 1.82) is 0 Å². The van der Waals surface area contributed by atoms with Gasteiger partial charge in [-0.05, 0) is 36.5 Å². The highest BCUT2D eigenvalue weighted by Crippen LogP contribution is 2.27. The Labute approximate surface area is 180 Å². The first-order chi connectivity index (χ1) is 14.9. The molecule has 8 nitrogen and oxygen atoms in total. The quantitative estimate of drug-likeness (QED) is 0.462. The van der Waals surface area contributed by atoms with Crippen LogP contribution in [-0.4, -0.2) is 52.2 Å². The largest absolute Gasteiger partial charge is 0.481 e. The zero-order chi connectivity index (χ0) is 22.3. The molecule has 3 aromatic rings. The van der Waals surface area contributed by atoms with Gasteiger partial charge in [-0.1, -0.05) is 54.6 Å². The van der Waals surface area contributed by atoms with E-state index in [9.17, 15) is 14.7 Å². The molecule has 0 radical (unpaired) electrons. The summed E-state index contributed by atoms with van der Waals surface area (Å²) in [4.78, 5) is 24.4. The van der Waals surface area contributed by atoms with Gasteiger partial charge in [-0.2, -0.15) is 15.4 Å². The van der Waals surface area contributed by atoms with E-state index < -0.39 is 23.3 Å². The Bertz CT molecular complexity index is 990. The molecule has 1 amide bonds. The molecule has 0 saturated heterocycles. The number of ether oxygens (including phenoxy) is 1. The molecule has 0 saturated carbocycles. The lowest BCUT2D eigenvalue weighted by Gasteiger charge is -2.29. The number of nitrogens with one attached hydrogen (secondary N) is 2. The number of nitrogens with zero attached hydrogens (tertiary/aromatic N) is 2. The van der Waals surface area contributed by atoms with Crippen molar-refractivity contribution in [3.63, 3.8) is 0 Å². The van der Waals surface area contributed by atoms with E-state index in [0.717, 1.165) is 16.7 Å². The van der Waals surface area contributed by atoms with Crippen LogP contribution in [0.5, 0.6) is 0 Å². The first-order valence-corrected chi connectivity index (χ1v) is 9.94. The SMILES string of the molecule is COCC(C)(CC(Cc1ccc(-c2ccccc2)cc1)NC(=O)c1cn[nH]n1)C(=O)O. The first-order valence-electron chi connectivity index (χ1n) is 9.94. The molecule has 2 aromatic carbocycles. The fraction of sp³-hybridized carbons (Fsp3) is 0.304. The van der Waals surface area contributed by atoms with E-state index in [-0.39, 0.29) is 18.7 Å². The van der Waals surface area contributed by atoms with Crippen molar-refractivity contribution in [2.24, 2.45) is 5.41 Å². The molecule has 2 unspecified atom stereocenters. The van der Waals surface area contributed by atoms with E-state index in [1.807, 2.05) is 54.6 Å². The van der Waals surface area contributed by atoms with E-state index in [1.54, 1.807) is 6.92 Å². The fourth-order valence-electron chi connectivity index (χ4n) is 3.56. The van der Waals surface area contributed by atoms with Gasteiger partial charge in [-0.25, -0.2) is 0 Å². The van der Waals surface area contributed by atoms with Crippen LogP contribution in [0.1, 0.15) is 29.4 Å². The maximum Gasteiger partial charge on any atom is 0.311 e. The molecule has 0 fully saturated rings. The van der Waals surface area contributed by atoms with Crippen molar-refractivity contribution in [2.75, 3.05) is 13.7 Å². The highest BCUT2D eigenvalue weighted by Gasteiger charge is 2.36. The van der Waals surface area contributed by atoms with Crippen molar-refractivity contribution < 1.29 is 19.4 Å². The van der Waals surface area contributed by atoms with Crippen molar-refractivity contribution in [3.05, 3.63) is 72.1 Å². The topological polar surface area (TPSA) is 117 Å². The minimum absolute atomic E-state index is 0.0333. The minimum Gasteiger partial charge on any atom is -0.481 e. The van der Waals surface area contributed by atoms with Gasteiger partial charge in [-0.3, -0.25) is 9.59 Å². The number of carboxylic acids is 1. The molecule has 0 aliphatic rings. The number of H-pyrrole nitrogens is 1. The average molecular weight is 422 g/mol. The summed E-state index contributed by atoms with van der Waals surface area (Å²) in [5.41, 5.74) is 2.18. The lowest BCUT2D eigenvalue weighted by Crippen LogP contribution is -2.44. The zero-order valence-corrected chi connectivity index (χ0v) is 17.5. The number of aliphatic carboxylic acids is 1. The summed E-state index contributed by atoms with van der Waals surface area (Å²) < 4.78 is 5.14. The van der Waals surface area contributed by atoms with Crippen molar-refractivity contribution in [2.45, 2.75) is 25.8 Å². The number of hydrogen-bond donors (Lipinski definition) is 3. The van der Waals surface area contributed by atoms with Gasteiger partial charge in [0, 0.05) is 13.2 Å². The van der Waals surface area contributed by atoms with E-state index in [4.69, 9.17) is 4.74 Å². The monoisotopic (exact) mass is 422 g/mol. The van der Waals surface area contributed by atoms with Crippen LogP contribution in [0.2, 0.25) is 0 Å². The number of carboxylic acid groups (broad SMARTS) is 1. The highest BCUT2D eigenvalue weighted by molar-refractivity contribution is 5.92. The van der Waals surface area contributed by atoms with Crippen LogP contribution in [0, 0.1) is 5.41 Å². The Balaban J connectivity index is 1.80. The van der Waals surface area contributed by atoms with Gasteiger partial charge in [0.2, 0.25) is 0 Å². The molecule has 31 heavy (non-hydrogen) atoms. The summed E-state index contributed by atoms with van der Waals surface area (Å²) >= 11 is 0. The van der Waals surface area contributed by atoms with Crippen LogP contribution < -0.4 is 5.32 Å². The van der Waals surface area contributed by atoms with E-state index in [2.05, 4.69) is 20.7 Å². The van der Waals surface area contributed by atoms with Crippen LogP contribution in [0.25, 0.3) is 11.1 Å². The Hall–Kier alpha value is -3.52. The number of hydrogen-bond acceptors (Lipinski definition) is 5. The molecule has 1 aromatic heterocycles. The minimum atomic E-state index is -1.15. The first kappa shape index (κ1) is 22.2. The van der Waals surface area contributed by atoms with Gasteiger partial charge >= 0.3 is 5.97 Å². The summed E-state index contributed by atoms with van der Waals surface area (Å²) in [7, 11) is 1.46. The molecule has 2 atom stereocenters. The summed E-state index contributed by atoms with van der Waals surface area (Å²) in [6, 6.07) is 17.6. The maximum atomic E-state index is 12.5. The molecule has 1 heterocycles. The third kappa shape index (κ3) is 5.76. The molecular weight excluding hydrogens is 396 g/mol. The van der Waals surface area contributed by atoms with Crippen LogP contribution >= 0.6 is 0 Å². The number of amides is 1. The van der Waals surface area contributed by atoms with Gasteiger partial charge in [-0.15, -0.1) is 0 Å². The number of aromatic amines is 1. The number of carbonyl (C=O) groups excluding carboxylic acids is 1. The van der Waals surface area contributed by atoms with Crippen molar-refractivity contribution in [3.8, 4) is 11.1 Å². The predicted octanol–water partition coefficient (Wildman–Crippen LogP) is 2.94. The van der Waals surface area contributed by atoms with Gasteiger partial charge in [0.15, 0.2) is 5.69 Å². The Morgan fingerprint density at radius 2 is 1.81 bits per heavy atom. The average Bonchev–Trinajstić information content (AvgIpc) is 3.30. The second-order valence-electron chi connectivity index (χ2n) is 7.80. The summed E-state index contributed by atoms with van der Waals surface area (Å²) in [5, 5.41) is 22.5. The number of rotatable bonds is 10. The molecular formula is C23H26N4O4. The van der Waals surface area contributed by atoms with Crippen molar-refractivity contribution >= 4 is 11.9 Å². The molecule has 162 valence electrons. The summed E-state index contributed by atoms with van der Waals surface area (Å²) in [5.74, 6) is -1.39. The third-order valence-corrected chi connectivity index (χ3v) is 5.20.